The molecule has 3 N–H and O–H groups in total. The molecule has 0 aromatic carbocycles. The fourth-order valence-corrected chi connectivity index (χ4v) is 5.32. The molecule has 0 radical (unpaired) electrons. The Hall–Kier alpha value is -1.65. The molecule has 1 fully saturated rings. The third-order valence-electron chi connectivity index (χ3n) is 5.51. The number of nitrogens with one attached hydrogen (secondary N) is 1. The zero-order chi connectivity index (χ0) is 21.6. The Bertz CT molecular complexity index is 1010. The van der Waals surface area contributed by atoms with E-state index in [0.717, 1.165) is 9.44 Å². The van der Waals surface area contributed by atoms with Crippen molar-refractivity contribution in [1.82, 2.24) is 14.5 Å². The molecule has 2 aromatic rings. The summed E-state index contributed by atoms with van der Waals surface area (Å²) in [7, 11) is 0. The molecule has 10 heteroatoms. The molecule has 0 spiro atoms. The lowest BCUT2D eigenvalue weighted by Crippen LogP contribution is -2.48. The van der Waals surface area contributed by atoms with Crippen LogP contribution in [0.1, 0.15) is 49.6 Å². The highest BCUT2D eigenvalue weighted by molar-refractivity contribution is 7.18. The molecular weight excluding hydrogens is 405 g/mol. The molecule has 1 aliphatic rings. The SMILES string of the molecule is Cc1c(CNCCN)sc2c1c(=O)n(C1CC(C)(C)C1)c(=O)n2CCC(F)(F)F. The molecular formula is C19H27F3N4O2S. The normalized spacial score (nSPS) is 17.1. The number of aromatic nitrogens is 2. The van der Waals surface area contributed by atoms with Crippen LogP contribution in [-0.2, 0) is 13.1 Å². The fraction of sp³-hybridized carbons (Fsp3) is 0.684. The van der Waals surface area contributed by atoms with Crippen LogP contribution in [0.5, 0.6) is 0 Å². The quantitative estimate of drug-likeness (QED) is 0.659. The minimum Gasteiger partial charge on any atom is -0.329 e. The largest absolute Gasteiger partial charge is 0.390 e. The van der Waals surface area contributed by atoms with Gasteiger partial charge in [0.2, 0.25) is 0 Å². The summed E-state index contributed by atoms with van der Waals surface area (Å²) in [6.45, 7) is 6.86. The van der Waals surface area contributed by atoms with E-state index in [-0.39, 0.29) is 11.5 Å². The maximum Gasteiger partial charge on any atom is 0.390 e. The van der Waals surface area contributed by atoms with Crippen LogP contribution in [0.4, 0.5) is 13.2 Å². The van der Waals surface area contributed by atoms with Crippen molar-refractivity contribution in [3.05, 3.63) is 31.3 Å². The predicted molar refractivity (Wildman–Crippen MR) is 109 cm³/mol. The van der Waals surface area contributed by atoms with Crippen LogP contribution in [-0.4, -0.2) is 28.4 Å². The lowest BCUT2D eigenvalue weighted by Gasteiger charge is -2.43. The first-order valence-corrected chi connectivity index (χ1v) is 10.5. The zero-order valence-electron chi connectivity index (χ0n) is 16.9. The van der Waals surface area contributed by atoms with Gasteiger partial charge in [-0.15, -0.1) is 11.3 Å². The van der Waals surface area contributed by atoms with Gasteiger partial charge in [0, 0.05) is 37.1 Å². The van der Waals surface area contributed by atoms with Crippen LogP contribution in [0.25, 0.3) is 10.2 Å². The molecule has 0 atom stereocenters. The summed E-state index contributed by atoms with van der Waals surface area (Å²) in [5, 5.41) is 3.50. The Labute approximate surface area is 170 Å². The van der Waals surface area contributed by atoms with E-state index in [1.165, 1.54) is 15.9 Å². The number of hydrogen-bond acceptors (Lipinski definition) is 5. The first-order chi connectivity index (χ1) is 13.4. The van der Waals surface area contributed by atoms with E-state index in [4.69, 9.17) is 5.73 Å². The Balaban J connectivity index is 2.15. The fourth-order valence-electron chi connectivity index (χ4n) is 4.04. The molecule has 6 nitrogen and oxygen atoms in total. The van der Waals surface area contributed by atoms with E-state index < -0.39 is 30.4 Å². The Kier molecular flexibility index (Phi) is 5.99. The van der Waals surface area contributed by atoms with E-state index in [1.54, 1.807) is 6.92 Å². The highest BCUT2D eigenvalue weighted by Crippen LogP contribution is 2.46. The molecule has 0 aliphatic heterocycles. The van der Waals surface area contributed by atoms with Crippen LogP contribution < -0.4 is 22.3 Å². The van der Waals surface area contributed by atoms with Gasteiger partial charge in [-0.3, -0.25) is 13.9 Å². The van der Waals surface area contributed by atoms with Gasteiger partial charge in [-0.1, -0.05) is 13.8 Å². The van der Waals surface area contributed by atoms with E-state index >= 15 is 0 Å². The second-order valence-electron chi connectivity index (χ2n) is 8.50. The van der Waals surface area contributed by atoms with Gasteiger partial charge in [0.15, 0.2) is 0 Å². The lowest BCUT2D eigenvalue weighted by molar-refractivity contribution is -0.136. The highest BCUT2D eigenvalue weighted by Gasteiger charge is 2.39. The van der Waals surface area contributed by atoms with Crippen LogP contribution >= 0.6 is 11.3 Å². The predicted octanol–water partition coefficient (Wildman–Crippen LogP) is 2.89. The summed E-state index contributed by atoms with van der Waals surface area (Å²) in [5.41, 5.74) is 5.18. The second-order valence-corrected chi connectivity index (χ2v) is 9.58. The summed E-state index contributed by atoms with van der Waals surface area (Å²) < 4.78 is 41.0. The molecule has 0 amide bonds. The van der Waals surface area contributed by atoms with Gasteiger partial charge in [0.25, 0.3) is 5.56 Å². The number of alkyl halides is 3. The molecule has 3 rings (SSSR count). The first kappa shape index (κ1) is 22.0. The van der Waals surface area contributed by atoms with Gasteiger partial charge >= 0.3 is 11.9 Å². The maximum absolute atomic E-state index is 13.2. The van der Waals surface area contributed by atoms with Crippen LogP contribution in [0.3, 0.4) is 0 Å². The average Bonchev–Trinajstić information content (AvgIpc) is 2.89. The number of thiophene rings is 1. The van der Waals surface area contributed by atoms with Gasteiger partial charge in [0.05, 0.1) is 11.8 Å². The van der Waals surface area contributed by atoms with Crippen molar-refractivity contribution >= 4 is 21.6 Å². The third kappa shape index (κ3) is 4.44. The van der Waals surface area contributed by atoms with Crippen molar-refractivity contribution in [2.75, 3.05) is 13.1 Å². The van der Waals surface area contributed by atoms with Gasteiger partial charge < -0.3 is 11.1 Å². The maximum atomic E-state index is 13.2. The van der Waals surface area contributed by atoms with Crippen LogP contribution in [0.15, 0.2) is 9.59 Å². The van der Waals surface area contributed by atoms with Crippen molar-refractivity contribution in [1.29, 1.82) is 0 Å². The van der Waals surface area contributed by atoms with Crippen LogP contribution in [0, 0.1) is 12.3 Å². The van der Waals surface area contributed by atoms with Gasteiger partial charge in [-0.25, -0.2) is 4.79 Å². The minimum atomic E-state index is -4.39. The second kappa shape index (κ2) is 7.88. The minimum absolute atomic E-state index is 0.0172. The molecule has 1 aliphatic carbocycles. The van der Waals surface area contributed by atoms with E-state index in [1.807, 2.05) is 13.8 Å². The van der Waals surface area contributed by atoms with Gasteiger partial charge in [-0.05, 0) is 30.7 Å². The Morgan fingerprint density at radius 2 is 1.93 bits per heavy atom. The monoisotopic (exact) mass is 432 g/mol. The summed E-state index contributed by atoms with van der Waals surface area (Å²) in [5.74, 6) is 0. The summed E-state index contributed by atoms with van der Waals surface area (Å²) in [4.78, 5) is 27.4. The van der Waals surface area contributed by atoms with Crippen molar-refractivity contribution in [3.63, 3.8) is 0 Å². The number of fused-ring (bicyclic) bond motifs is 1. The van der Waals surface area contributed by atoms with Crippen molar-refractivity contribution in [3.8, 4) is 0 Å². The smallest absolute Gasteiger partial charge is 0.329 e. The number of halogens is 3. The molecule has 29 heavy (non-hydrogen) atoms. The summed E-state index contributed by atoms with van der Waals surface area (Å²) in [6, 6.07) is -0.273. The number of rotatable bonds is 7. The first-order valence-electron chi connectivity index (χ1n) is 9.70. The van der Waals surface area contributed by atoms with Gasteiger partial charge in [0.1, 0.15) is 4.83 Å². The van der Waals surface area contributed by atoms with Crippen molar-refractivity contribution < 1.29 is 13.2 Å². The molecule has 0 saturated heterocycles. The number of nitrogens with two attached hydrogens (primary N) is 1. The number of hydrogen-bond donors (Lipinski definition) is 2. The summed E-state index contributed by atoms with van der Waals surface area (Å²) >= 11 is 1.20. The summed E-state index contributed by atoms with van der Waals surface area (Å²) in [6.07, 6.45) is -4.20. The zero-order valence-corrected chi connectivity index (χ0v) is 17.7. The molecule has 0 unspecified atom stereocenters. The highest BCUT2D eigenvalue weighted by atomic mass is 32.1. The Morgan fingerprint density at radius 1 is 1.28 bits per heavy atom. The molecule has 1 saturated carbocycles. The van der Waals surface area contributed by atoms with E-state index in [9.17, 15) is 22.8 Å². The topological polar surface area (TPSA) is 82.1 Å². The lowest BCUT2D eigenvalue weighted by atomic mass is 9.68. The molecule has 2 heterocycles. The third-order valence-corrected chi connectivity index (χ3v) is 6.82. The molecule has 162 valence electrons. The van der Waals surface area contributed by atoms with E-state index in [0.29, 0.717) is 48.3 Å². The van der Waals surface area contributed by atoms with E-state index in [2.05, 4.69) is 5.32 Å². The number of aryl methyl sites for hydroxylation is 2. The van der Waals surface area contributed by atoms with Crippen molar-refractivity contribution in [2.24, 2.45) is 11.1 Å². The van der Waals surface area contributed by atoms with Crippen molar-refractivity contribution in [2.45, 2.75) is 65.3 Å². The van der Waals surface area contributed by atoms with Crippen LogP contribution in [0.2, 0.25) is 0 Å². The Morgan fingerprint density at radius 3 is 2.48 bits per heavy atom. The number of nitrogens with zero attached hydrogens (tertiary/aromatic N) is 2. The average molecular weight is 433 g/mol. The van der Waals surface area contributed by atoms with Gasteiger partial charge in [-0.2, -0.15) is 13.2 Å². The molecule has 2 aromatic heterocycles. The molecule has 0 bridgehead atoms. The standard InChI is InChI=1S/C19H27F3N4O2S/c1-11-13(10-24-6-5-23)29-16-14(11)15(27)26(12-8-18(2,3)9-12)17(28)25(16)7-4-19(20,21)22/h12,24H,4-10,23H2,1-3H3.